The first-order valence-electron chi connectivity index (χ1n) is 10.1. The number of H-pyrrole nitrogens is 1. The van der Waals surface area contributed by atoms with Gasteiger partial charge in [-0.3, -0.25) is 0 Å². The van der Waals surface area contributed by atoms with E-state index in [0.29, 0.717) is 23.5 Å². The Balaban J connectivity index is 0.000000238. The van der Waals surface area contributed by atoms with E-state index in [1.807, 2.05) is 22.9 Å². The summed E-state index contributed by atoms with van der Waals surface area (Å²) < 4.78 is 7.99. The van der Waals surface area contributed by atoms with E-state index in [9.17, 15) is 0 Å². The van der Waals surface area contributed by atoms with Crippen LogP contribution in [0.15, 0.2) is 37.2 Å². The lowest BCUT2D eigenvalue weighted by Gasteiger charge is -2.35. The zero-order valence-corrected chi connectivity index (χ0v) is 21.3. The van der Waals surface area contributed by atoms with Crippen LogP contribution >= 0.6 is 23.2 Å². The van der Waals surface area contributed by atoms with Gasteiger partial charge in [-0.2, -0.15) is 0 Å². The number of aromatic nitrogens is 6. The topological polar surface area (TPSA) is 81.5 Å². The minimum Gasteiger partial charge on any atom is -0.406 e. The Kier molecular flexibility index (Phi) is 7.57. The molecule has 4 rings (SSSR count). The van der Waals surface area contributed by atoms with E-state index in [1.165, 1.54) is 12.7 Å². The number of hydrogen-bond donors (Lipinski definition) is 1. The van der Waals surface area contributed by atoms with Crippen LogP contribution in [0.4, 0.5) is 0 Å². The maximum absolute atomic E-state index is 6.11. The number of fused-ring (bicyclic) bond motifs is 2. The Hall–Kier alpha value is -2.44. The van der Waals surface area contributed by atoms with Gasteiger partial charge in [0.05, 0.1) is 24.2 Å². The first kappa shape index (κ1) is 24.2. The van der Waals surface area contributed by atoms with Crippen molar-refractivity contribution in [2.45, 2.75) is 45.4 Å². The van der Waals surface area contributed by atoms with Crippen molar-refractivity contribution >= 4 is 53.6 Å². The molecule has 0 saturated carbocycles. The molecule has 0 radical (unpaired) electrons. The molecule has 0 fully saturated rings. The minimum atomic E-state index is -1.72. The summed E-state index contributed by atoms with van der Waals surface area (Å²) in [6.07, 6.45) is 6.62. The average molecular weight is 489 g/mol. The number of nitrogens with zero attached hydrogens (tertiary/aromatic N) is 5. The zero-order chi connectivity index (χ0) is 23.4. The standard InChI is InChI=1S/C16H22ClN3OSi.C6H4ClN3/c1-16(2,3)22(4,5)21-11-7-6-9-20-10-8-13-14(20)15(17)19-12-18-13;7-6-5-4(1-2-8-5)9-3-10-6/h8,10,12H,9,11H2,1-5H3;1-3,8H. The van der Waals surface area contributed by atoms with Crippen LogP contribution in [0.5, 0.6) is 0 Å². The Morgan fingerprint density at radius 1 is 1.00 bits per heavy atom. The largest absolute Gasteiger partial charge is 0.406 e. The van der Waals surface area contributed by atoms with Crippen LogP contribution in [0.25, 0.3) is 22.1 Å². The highest BCUT2D eigenvalue weighted by Gasteiger charge is 2.36. The summed E-state index contributed by atoms with van der Waals surface area (Å²) in [5.74, 6) is 6.22. The summed E-state index contributed by atoms with van der Waals surface area (Å²) in [4.78, 5) is 18.9. The van der Waals surface area contributed by atoms with Crippen LogP contribution in [0.2, 0.25) is 28.4 Å². The Morgan fingerprint density at radius 3 is 2.38 bits per heavy atom. The predicted molar refractivity (Wildman–Crippen MR) is 132 cm³/mol. The van der Waals surface area contributed by atoms with Gasteiger partial charge in [0.2, 0.25) is 0 Å². The molecule has 0 amide bonds. The fourth-order valence-electron chi connectivity index (χ4n) is 2.59. The van der Waals surface area contributed by atoms with E-state index < -0.39 is 8.32 Å². The van der Waals surface area contributed by atoms with E-state index in [1.54, 1.807) is 6.20 Å². The molecule has 0 aromatic carbocycles. The van der Waals surface area contributed by atoms with Crippen LogP contribution in [0.1, 0.15) is 20.8 Å². The second kappa shape index (κ2) is 10.0. The van der Waals surface area contributed by atoms with Crippen LogP contribution in [-0.4, -0.2) is 44.4 Å². The van der Waals surface area contributed by atoms with Gasteiger partial charge >= 0.3 is 0 Å². The smallest absolute Gasteiger partial charge is 0.193 e. The molecule has 32 heavy (non-hydrogen) atoms. The van der Waals surface area contributed by atoms with E-state index in [4.69, 9.17) is 27.6 Å². The summed E-state index contributed by atoms with van der Waals surface area (Å²) in [6.45, 7) is 12.1. The maximum atomic E-state index is 6.11. The highest BCUT2D eigenvalue weighted by Crippen LogP contribution is 2.36. The van der Waals surface area contributed by atoms with Gasteiger partial charge in [-0.05, 0) is 30.3 Å². The number of halogens is 2. The van der Waals surface area contributed by atoms with Gasteiger partial charge in [-0.25, -0.2) is 19.9 Å². The molecule has 0 unspecified atom stereocenters. The van der Waals surface area contributed by atoms with Crippen molar-refractivity contribution in [3.8, 4) is 11.8 Å². The highest BCUT2D eigenvalue weighted by atomic mass is 35.5. The van der Waals surface area contributed by atoms with Crippen molar-refractivity contribution in [3.05, 3.63) is 47.5 Å². The third-order valence-corrected chi connectivity index (χ3v) is 10.5. The monoisotopic (exact) mass is 488 g/mol. The normalized spacial score (nSPS) is 11.7. The molecule has 10 heteroatoms. The van der Waals surface area contributed by atoms with Crippen LogP contribution in [0.3, 0.4) is 0 Å². The molecule has 0 saturated heterocycles. The van der Waals surface area contributed by atoms with Gasteiger partial charge in [0.25, 0.3) is 0 Å². The number of rotatable bonds is 3. The Labute approximate surface area is 198 Å². The fourth-order valence-corrected chi connectivity index (χ4v) is 3.90. The van der Waals surface area contributed by atoms with Crippen molar-refractivity contribution in [1.82, 2.24) is 29.5 Å². The zero-order valence-electron chi connectivity index (χ0n) is 18.8. The molecule has 0 aliphatic heterocycles. The molecule has 0 bridgehead atoms. The summed E-state index contributed by atoms with van der Waals surface area (Å²) in [6, 6.07) is 3.76. The predicted octanol–water partition coefficient (Wildman–Crippen LogP) is 5.72. The van der Waals surface area contributed by atoms with Crippen molar-refractivity contribution < 1.29 is 4.43 Å². The summed E-state index contributed by atoms with van der Waals surface area (Å²) in [5.41, 5.74) is 3.30. The molecule has 0 aliphatic rings. The van der Waals surface area contributed by atoms with Gasteiger partial charge < -0.3 is 14.0 Å². The van der Waals surface area contributed by atoms with E-state index in [-0.39, 0.29) is 5.04 Å². The van der Waals surface area contributed by atoms with Gasteiger partial charge in [0, 0.05) is 12.4 Å². The van der Waals surface area contributed by atoms with Crippen LogP contribution in [-0.2, 0) is 11.0 Å². The van der Waals surface area contributed by atoms with Crippen molar-refractivity contribution in [3.63, 3.8) is 0 Å². The van der Waals surface area contributed by atoms with Crippen LogP contribution < -0.4 is 0 Å². The van der Waals surface area contributed by atoms with Gasteiger partial charge in [0.15, 0.2) is 18.6 Å². The summed E-state index contributed by atoms with van der Waals surface area (Å²) in [7, 11) is -1.72. The van der Waals surface area contributed by atoms with Crippen molar-refractivity contribution in [2.24, 2.45) is 0 Å². The molecule has 4 aromatic heterocycles. The molecule has 0 spiro atoms. The summed E-state index contributed by atoms with van der Waals surface area (Å²) in [5, 5.41) is 1.13. The molecular weight excluding hydrogens is 463 g/mol. The lowest BCUT2D eigenvalue weighted by molar-refractivity contribution is 0.334. The number of nitrogens with one attached hydrogen (secondary N) is 1. The highest BCUT2D eigenvalue weighted by molar-refractivity contribution is 6.74. The third kappa shape index (κ3) is 5.67. The van der Waals surface area contributed by atoms with E-state index >= 15 is 0 Å². The van der Waals surface area contributed by atoms with Gasteiger partial charge in [0.1, 0.15) is 23.7 Å². The van der Waals surface area contributed by atoms with E-state index in [2.05, 4.69) is 70.6 Å². The molecule has 168 valence electrons. The molecule has 4 heterocycles. The Morgan fingerprint density at radius 2 is 1.69 bits per heavy atom. The summed E-state index contributed by atoms with van der Waals surface area (Å²) >= 11 is 11.8. The fraction of sp³-hybridized carbons (Fsp3) is 0.364. The number of hydrogen-bond acceptors (Lipinski definition) is 5. The molecule has 0 atom stereocenters. The molecular formula is C22H26Cl2N6OSi. The first-order chi connectivity index (χ1) is 15.1. The quantitative estimate of drug-likeness (QED) is 0.226. The molecule has 7 nitrogen and oxygen atoms in total. The Bertz CT molecular complexity index is 1270. The van der Waals surface area contributed by atoms with Gasteiger partial charge in [-0.1, -0.05) is 55.8 Å². The average Bonchev–Trinajstić information content (AvgIpc) is 3.36. The molecule has 1 N–H and O–H groups in total. The third-order valence-electron chi connectivity index (χ3n) is 5.49. The second-order valence-corrected chi connectivity index (χ2v) is 14.2. The first-order valence-corrected chi connectivity index (χ1v) is 13.7. The van der Waals surface area contributed by atoms with Crippen LogP contribution in [0, 0.1) is 11.8 Å². The van der Waals surface area contributed by atoms with Gasteiger partial charge in [-0.15, -0.1) is 0 Å². The lowest BCUT2D eigenvalue weighted by atomic mass is 10.2. The van der Waals surface area contributed by atoms with E-state index in [0.717, 1.165) is 22.1 Å². The van der Waals surface area contributed by atoms with Crippen molar-refractivity contribution in [1.29, 1.82) is 0 Å². The lowest BCUT2D eigenvalue weighted by Crippen LogP contribution is -2.40. The number of aromatic amines is 1. The van der Waals surface area contributed by atoms with Crippen molar-refractivity contribution in [2.75, 3.05) is 6.61 Å². The SMILES string of the molecule is CC(C)(C)[Si](C)(C)OCC#CCn1ccc2ncnc(Cl)c21.Clc1ncnc2cc[nH]c12. The second-order valence-electron chi connectivity index (χ2n) is 8.65. The maximum Gasteiger partial charge on any atom is 0.193 e. The minimum absolute atomic E-state index is 0.205. The molecule has 0 aliphatic carbocycles. The molecule has 4 aromatic rings.